The minimum absolute atomic E-state index is 0.0298. The topological polar surface area (TPSA) is 93.9 Å². The Kier molecular flexibility index (Phi) is 6.04. The van der Waals surface area contributed by atoms with Crippen LogP contribution in [0, 0.1) is 0 Å². The van der Waals surface area contributed by atoms with E-state index in [4.69, 9.17) is 21.3 Å². The van der Waals surface area contributed by atoms with E-state index in [1.54, 1.807) is 6.08 Å². The molecule has 0 rings (SSSR count). The van der Waals surface area contributed by atoms with Crippen molar-refractivity contribution in [1.82, 2.24) is 0 Å². The SMILES string of the molecule is C=CCOCC(O)CN=C(N)N. The quantitative estimate of drug-likeness (QED) is 0.204. The van der Waals surface area contributed by atoms with Gasteiger partial charge in [0.05, 0.1) is 25.9 Å². The van der Waals surface area contributed by atoms with Crippen molar-refractivity contribution in [2.45, 2.75) is 6.10 Å². The maximum absolute atomic E-state index is 9.15. The summed E-state index contributed by atoms with van der Waals surface area (Å²) in [6.07, 6.45) is 0.944. The highest BCUT2D eigenvalue weighted by Crippen LogP contribution is 1.86. The van der Waals surface area contributed by atoms with Gasteiger partial charge < -0.3 is 21.3 Å². The number of ether oxygens (including phenoxy) is 1. The molecule has 0 aliphatic heterocycles. The van der Waals surface area contributed by atoms with E-state index in [0.29, 0.717) is 6.61 Å². The van der Waals surface area contributed by atoms with E-state index in [2.05, 4.69) is 11.6 Å². The van der Waals surface area contributed by atoms with Crippen LogP contribution in [-0.2, 0) is 4.74 Å². The van der Waals surface area contributed by atoms with Crippen LogP contribution in [0.4, 0.5) is 0 Å². The Hall–Kier alpha value is -1.07. The molecule has 0 aliphatic carbocycles. The summed E-state index contributed by atoms with van der Waals surface area (Å²) in [7, 11) is 0. The van der Waals surface area contributed by atoms with Gasteiger partial charge in [-0.15, -0.1) is 6.58 Å². The number of aliphatic imine (C=N–C) groups is 1. The molecule has 0 aromatic rings. The van der Waals surface area contributed by atoms with Crippen LogP contribution in [-0.4, -0.2) is 36.9 Å². The Morgan fingerprint density at radius 2 is 2.33 bits per heavy atom. The highest BCUT2D eigenvalue weighted by molar-refractivity contribution is 5.75. The van der Waals surface area contributed by atoms with E-state index in [9.17, 15) is 0 Å². The second-order valence-electron chi connectivity index (χ2n) is 2.25. The van der Waals surface area contributed by atoms with E-state index in [1.807, 2.05) is 0 Å². The molecule has 0 spiro atoms. The molecule has 0 amide bonds. The highest BCUT2D eigenvalue weighted by atomic mass is 16.5. The van der Waals surface area contributed by atoms with E-state index in [1.165, 1.54) is 0 Å². The normalized spacial score (nSPS) is 12.1. The van der Waals surface area contributed by atoms with Gasteiger partial charge in [-0.25, -0.2) is 0 Å². The number of nitrogens with zero attached hydrogens (tertiary/aromatic N) is 1. The molecule has 5 nitrogen and oxygen atoms in total. The van der Waals surface area contributed by atoms with Crippen molar-refractivity contribution in [3.05, 3.63) is 12.7 Å². The Morgan fingerprint density at radius 3 is 2.83 bits per heavy atom. The number of rotatable bonds is 6. The molecular weight excluding hydrogens is 158 g/mol. The van der Waals surface area contributed by atoms with Crippen molar-refractivity contribution in [2.24, 2.45) is 16.5 Å². The number of guanidine groups is 1. The fourth-order valence-corrected chi connectivity index (χ4v) is 0.551. The van der Waals surface area contributed by atoms with Crippen molar-refractivity contribution in [1.29, 1.82) is 0 Å². The Labute approximate surface area is 71.7 Å². The summed E-state index contributed by atoms with van der Waals surface area (Å²) < 4.78 is 4.96. The number of aliphatic hydroxyl groups excluding tert-OH is 1. The van der Waals surface area contributed by atoms with Gasteiger partial charge in [0.1, 0.15) is 0 Å². The van der Waals surface area contributed by atoms with Gasteiger partial charge in [0.2, 0.25) is 0 Å². The molecule has 1 atom stereocenters. The first kappa shape index (κ1) is 10.9. The minimum Gasteiger partial charge on any atom is -0.389 e. The summed E-state index contributed by atoms with van der Waals surface area (Å²) in [5.74, 6) is -0.0298. The number of hydrogen-bond acceptors (Lipinski definition) is 3. The zero-order chi connectivity index (χ0) is 9.40. The Balaban J connectivity index is 3.39. The molecule has 1 unspecified atom stereocenters. The molecule has 0 saturated heterocycles. The maximum atomic E-state index is 9.15. The third-order valence-electron chi connectivity index (χ3n) is 1.03. The second kappa shape index (κ2) is 6.63. The smallest absolute Gasteiger partial charge is 0.185 e. The highest BCUT2D eigenvalue weighted by Gasteiger charge is 2.01. The van der Waals surface area contributed by atoms with E-state index in [0.717, 1.165) is 0 Å². The molecule has 12 heavy (non-hydrogen) atoms. The zero-order valence-corrected chi connectivity index (χ0v) is 6.94. The lowest BCUT2D eigenvalue weighted by Crippen LogP contribution is -2.26. The molecule has 0 fully saturated rings. The van der Waals surface area contributed by atoms with Crippen molar-refractivity contribution < 1.29 is 9.84 Å². The van der Waals surface area contributed by atoms with Crippen molar-refractivity contribution in [2.75, 3.05) is 19.8 Å². The standard InChI is InChI=1S/C7H15N3O2/c1-2-3-12-5-6(11)4-10-7(8)9/h2,6,11H,1,3-5H2,(H4,8,9,10). The summed E-state index contributed by atoms with van der Waals surface area (Å²) in [5.41, 5.74) is 10.1. The molecule has 0 aromatic carbocycles. The number of hydrogen-bond donors (Lipinski definition) is 3. The average molecular weight is 173 g/mol. The molecule has 0 aromatic heterocycles. The van der Waals surface area contributed by atoms with Gasteiger partial charge in [0.15, 0.2) is 5.96 Å². The monoisotopic (exact) mass is 173 g/mol. The van der Waals surface area contributed by atoms with Crippen LogP contribution in [0.3, 0.4) is 0 Å². The van der Waals surface area contributed by atoms with Gasteiger partial charge in [-0.3, -0.25) is 4.99 Å². The molecule has 5 heteroatoms. The summed E-state index contributed by atoms with van der Waals surface area (Å²) in [5, 5.41) is 9.15. The third-order valence-corrected chi connectivity index (χ3v) is 1.03. The lowest BCUT2D eigenvalue weighted by molar-refractivity contribution is 0.0546. The molecular formula is C7H15N3O2. The lowest BCUT2D eigenvalue weighted by Gasteiger charge is -2.06. The van der Waals surface area contributed by atoms with Crippen LogP contribution < -0.4 is 11.5 Å². The first-order valence-electron chi connectivity index (χ1n) is 3.59. The number of nitrogens with two attached hydrogens (primary N) is 2. The molecule has 0 heterocycles. The fraction of sp³-hybridized carbons (Fsp3) is 0.571. The van der Waals surface area contributed by atoms with Gasteiger partial charge in [0.25, 0.3) is 0 Å². The van der Waals surface area contributed by atoms with Crippen molar-refractivity contribution in [3.63, 3.8) is 0 Å². The van der Waals surface area contributed by atoms with Crippen LogP contribution >= 0.6 is 0 Å². The van der Waals surface area contributed by atoms with Crippen LogP contribution in [0.1, 0.15) is 0 Å². The number of aliphatic hydroxyl groups is 1. The van der Waals surface area contributed by atoms with Gasteiger partial charge in [-0.1, -0.05) is 6.08 Å². The first-order valence-corrected chi connectivity index (χ1v) is 3.59. The Morgan fingerprint density at radius 1 is 1.67 bits per heavy atom. The minimum atomic E-state index is -0.660. The molecule has 0 saturated carbocycles. The average Bonchev–Trinajstić information content (AvgIpc) is 2.01. The van der Waals surface area contributed by atoms with Gasteiger partial charge in [-0.05, 0) is 0 Å². The molecule has 70 valence electrons. The summed E-state index contributed by atoms with van der Waals surface area (Å²) in [4.78, 5) is 3.62. The molecule has 0 bridgehead atoms. The van der Waals surface area contributed by atoms with Crippen LogP contribution in [0.5, 0.6) is 0 Å². The fourth-order valence-electron chi connectivity index (χ4n) is 0.551. The largest absolute Gasteiger partial charge is 0.389 e. The molecule has 0 radical (unpaired) electrons. The van der Waals surface area contributed by atoms with Gasteiger partial charge >= 0.3 is 0 Å². The first-order chi connectivity index (χ1) is 5.66. The van der Waals surface area contributed by atoms with Crippen molar-refractivity contribution >= 4 is 5.96 Å². The van der Waals surface area contributed by atoms with E-state index < -0.39 is 6.10 Å². The molecule has 0 aliphatic rings. The van der Waals surface area contributed by atoms with Crippen molar-refractivity contribution in [3.8, 4) is 0 Å². The van der Waals surface area contributed by atoms with Crippen LogP contribution in [0.15, 0.2) is 17.6 Å². The van der Waals surface area contributed by atoms with Crippen LogP contribution in [0.25, 0.3) is 0 Å². The van der Waals surface area contributed by atoms with E-state index >= 15 is 0 Å². The summed E-state index contributed by atoms with van der Waals surface area (Å²) in [6, 6.07) is 0. The summed E-state index contributed by atoms with van der Waals surface area (Å²) >= 11 is 0. The van der Waals surface area contributed by atoms with Gasteiger partial charge in [-0.2, -0.15) is 0 Å². The predicted molar refractivity (Wildman–Crippen MR) is 47.7 cm³/mol. The van der Waals surface area contributed by atoms with E-state index in [-0.39, 0.29) is 19.1 Å². The Bertz CT molecular complexity index is 155. The summed E-state index contributed by atoms with van der Waals surface area (Å²) in [6.45, 7) is 4.25. The third kappa shape index (κ3) is 7.04. The van der Waals surface area contributed by atoms with Crippen LogP contribution in [0.2, 0.25) is 0 Å². The second-order valence-corrected chi connectivity index (χ2v) is 2.25. The lowest BCUT2D eigenvalue weighted by atomic mass is 10.4. The zero-order valence-electron chi connectivity index (χ0n) is 6.94. The molecule has 5 N–H and O–H groups in total. The maximum Gasteiger partial charge on any atom is 0.185 e. The predicted octanol–water partition coefficient (Wildman–Crippen LogP) is -1.18. The van der Waals surface area contributed by atoms with Gasteiger partial charge in [0, 0.05) is 0 Å².